The minimum atomic E-state index is -0.727. The Kier molecular flexibility index (Phi) is 7.72. The third-order valence-corrected chi connectivity index (χ3v) is 4.04. The van der Waals surface area contributed by atoms with E-state index in [1.165, 1.54) is 4.90 Å². The Hall–Kier alpha value is -1.10. The van der Waals surface area contributed by atoms with Crippen LogP contribution in [0.15, 0.2) is 30.3 Å². The lowest BCUT2D eigenvalue weighted by Crippen LogP contribution is -2.47. The van der Waals surface area contributed by atoms with Crippen molar-refractivity contribution in [3.63, 3.8) is 0 Å². The summed E-state index contributed by atoms with van der Waals surface area (Å²) in [7, 11) is 1.68. The zero-order valence-corrected chi connectivity index (χ0v) is 13.5. The molecule has 0 aliphatic carbocycles. The summed E-state index contributed by atoms with van der Waals surface area (Å²) in [5, 5.41) is 10.4. The molecular weight excluding hydrogens is 288 g/mol. The van der Waals surface area contributed by atoms with Crippen molar-refractivity contribution in [2.45, 2.75) is 44.4 Å². The maximum absolute atomic E-state index is 12.3. The van der Waals surface area contributed by atoms with Crippen molar-refractivity contribution in [1.29, 1.82) is 0 Å². The number of amides is 1. The van der Waals surface area contributed by atoms with Gasteiger partial charge in [0.05, 0.1) is 18.2 Å². The number of carbonyl (C=O) groups is 1. The fraction of sp³-hybridized carbons (Fsp3) is 0.562. The molecule has 4 nitrogen and oxygen atoms in total. The molecule has 0 bridgehead atoms. The van der Waals surface area contributed by atoms with Gasteiger partial charge >= 0.3 is 0 Å². The fourth-order valence-corrected chi connectivity index (χ4v) is 2.37. The largest absolute Gasteiger partial charge is 0.386 e. The number of nitrogens with zero attached hydrogens (tertiary/aromatic N) is 1. The highest BCUT2D eigenvalue weighted by Gasteiger charge is 2.26. The van der Waals surface area contributed by atoms with Crippen LogP contribution in [0.25, 0.3) is 0 Å². The van der Waals surface area contributed by atoms with Gasteiger partial charge in [0, 0.05) is 12.9 Å². The molecule has 1 aromatic rings. The fourth-order valence-electron chi connectivity index (χ4n) is 2.19. The Morgan fingerprint density at radius 1 is 1.33 bits per heavy atom. The average molecular weight is 313 g/mol. The van der Waals surface area contributed by atoms with Gasteiger partial charge in [0.1, 0.15) is 0 Å². The Morgan fingerprint density at radius 2 is 1.95 bits per heavy atom. The molecular formula is C16H25ClN2O2. The van der Waals surface area contributed by atoms with Crippen LogP contribution in [-0.4, -0.2) is 40.9 Å². The highest BCUT2D eigenvalue weighted by Crippen LogP contribution is 2.20. The van der Waals surface area contributed by atoms with Crippen molar-refractivity contribution < 1.29 is 9.90 Å². The van der Waals surface area contributed by atoms with Gasteiger partial charge in [0.2, 0.25) is 5.91 Å². The first-order valence-electron chi connectivity index (χ1n) is 7.30. The molecule has 0 heterocycles. The van der Waals surface area contributed by atoms with Gasteiger partial charge in [-0.05, 0) is 25.3 Å². The number of aliphatic hydroxyl groups excluding tert-OH is 1. The number of hydrogen-bond donors (Lipinski definition) is 2. The predicted octanol–water partition coefficient (Wildman–Crippen LogP) is 2.30. The molecule has 1 rings (SSSR count). The molecule has 118 valence electrons. The zero-order chi connectivity index (χ0) is 15.8. The van der Waals surface area contributed by atoms with E-state index in [9.17, 15) is 9.90 Å². The van der Waals surface area contributed by atoms with Crippen LogP contribution in [0.3, 0.4) is 0 Å². The van der Waals surface area contributed by atoms with E-state index in [-0.39, 0.29) is 11.9 Å². The lowest BCUT2D eigenvalue weighted by molar-refractivity contribution is -0.135. The molecule has 0 aromatic heterocycles. The van der Waals surface area contributed by atoms with E-state index in [4.69, 9.17) is 17.3 Å². The topological polar surface area (TPSA) is 66.6 Å². The first-order valence-corrected chi connectivity index (χ1v) is 7.83. The minimum absolute atomic E-state index is 0.146. The van der Waals surface area contributed by atoms with Crippen molar-refractivity contribution in [2.75, 3.05) is 12.9 Å². The number of aliphatic hydroxyl groups is 1. The smallest absolute Gasteiger partial charge is 0.239 e. The number of nitrogens with two attached hydrogens (primary N) is 1. The molecule has 0 saturated heterocycles. The molecule has 0 fully saturated rings. The average Bonchev–Trinajstić information content (AvgIpc) is 2.52. The number of halogens is 1. The number of benzene rings is 1. The molecule has 1 amide bonds. The third kappa shape index (κ3) is 5.30. The second kappa shape index (κ2) is 9.03. The van der Waals surface area contributed by atoms with Gasteiger partial charge in [-0.25, -0.2) is 0 Å². The van der Waals surface area contributed by atoms with E-state index in [1.54, 1.807) is 7.05 Å². The van der Waals surface area contributed by atoms with E-state index in [0.717, 1.165) is 18.4 Å². The minimum Gasteiger partial charge on any atom is -0.386 e. The summed E-state index contributed by atoms with van der Waals surface area (Å²) in [6, 6.07) is 8.45. The van der Waals surface area contributed by atoms with Gasteiger partial charge in [0.25, 0.3) is 0 Å². The second-order valence-corrected chi connectivity index (χ2v) is 5.71. The molecule has 0 spiro atoms. The molecule has 0 radical (unpaired) electrons. The van der Waals surface area contributed by atoms with E-state index >= 15 is 0 Å². The normalized spacial score (nSPS) is 15.3. The molecule has 21 heavy (non-hydrogen) atoms. The van der Waals surface area contributed by atoms with Crippen molar-refractivity contribution in [3.05, 3.63) is 35.9 Å². The van der Waals surface area contributed by atoms with Gasteiger partial charge in [-0.3, -0.25) is 4.79 Å². The Balaban J connectivity index is 2.60. The molecule has 0 unspecified atom stereocenters. The first-order chi connectivity index (χ1) is 9.99. The monoisotopic (exact) mass is 312 g/mol. The standard InChI is InChI=1S/C16H25ClN2O2/c1-12(15(20)13-8-4-3-5-9-13)19(2)16(21)14(18)10-6-7-11-17/h3-5,8-9,12,14-15,20H,6-7,10-11,18H2,1-2H3/t12-,14+,15+/m0/s1. The second-order valence-electron chi connectivity index (χ2n) is 5.34. The summed E-state index contributed by atoms with van der Waals surface area (Å²) >= 11 is 5.62. The van der Waals surface area contributed by atoms with E-state index in [2.05, 4.69) is 0 Å². The van der Waals surface area contributed by atoms with Gasteiger partial charge in [-0.15, -0.1) is 11.6 Å². The number of carbonyl (C=O) groups excluding carboxylic acids is 1. The summed E-state index contributed by atoms with van der Waals surface area (Å²) < 4.78 is 0. The van der Waals surface area contributed by atoms with Crippen LogP contribution < -0.4 is 5.73 Å². The van der Waals surface area contributed by atoms with Gasteiger partial charge in [-0.2, -0.15) is 0 Å². The Bertz CT molecular complexity index is 428. The van der Waals surface area contributed by atoms with Crippen LogP contribution in [0.5, 0.6) is 0 Å². The van der Waals surface area contributed by atoms with Gasteiger partial charge < -0.3 is 15.7 Å². The molecule has 3 atom stereocenters. The van der Waals surface area contributed by atoms with E-state index in [1.807, 2.05) is 37.3 Å². The van der Waals surface area contributed by atoms with Crippen LogP contribution in [0.2, 0.25) is 0 Å². The van der Waals surface area contributed by atoms with E-state index < -0.39 is 12.1 Å². The summed E-state index contributed by atoms with van der Waals surface area (Å²) in [6.07, 6.45) is 1.58. The lowest BCUT2D eigenvalue weighted by atomic mass is 10.0. The van der Waals surface area contributed by atoms with Crippen molar-refractivity contribution in [2.24, 2.45) is 5.73 Å². The molecule has 0 saturated carbocycles. The van der Waals surface area contributed by atoms with Crippen molar-refractivity contribution >= 4 is 17.5 Å². The van der Waals surface area contributed by atoms with E-state index in [0.29, 0.717) is 12.3 Å². The van der Waals surface area contributed by atoms with Gasteiger partial charge in [0.15, 0.2) is 0 Å². The molecule has 5 heteroatoms. The summed E-state index contributed by atoms with van der Waals surface area (Å²) in [5.41, 5.74) is 6.71. The Morgan fingerprint density at radius 3 is 2.52 bits per heavy atom. The lowest BCUT2D eigenvalue weighted by Gasteiger charge is -2.31. The molecule has 3 N–H and O–H groups in total. The summed E-state index contributed by atoms with van der Waals surface area (Å²) in [6.45, 7) is 1.82. The molecule has 1 aromatic carbocycles. The molecule has 0 aliphatic rings. The summed E-state index contributed by atoms with van der Waals surface area (Å²) in [4.78, 5) is 13.8. The van der Waals surface area contributed by atoms with Gasteiger partial charge in [-0.1, -0.05) is 36.8 Å². The number of rotatable bonds is 8. The Labute approximate surface area is 131 Å². The maximum atomic E-state index is 12.3. The number of unbranched alkanes of at least 4 members (excludes halogenated alkanes) is 1. The maximum Gasteiger partial charge on any atom is 0.239 e. The quantitative estimate of drug-likeness (QED) is 0.572. The van der Waals surface area contributed by atoms with Crippen molar-refractivity contribution in [1.82, 2.24) is 4.90 Å². The number of hydrogen-bond acceptors (Lipinski definition) is 3. The van der Waals surface area contributed by atoms with Crippen LogP contribution in [0, 0.1) is 0 Å². The summed E-state index contributed by atoms with van der Waals surface area (Å²) in [5.74, 6) is 0.437. The zero-order valence-electron chi connectivity index (χ0n) is 12.7. The van der Waals surface area contributed by atoms with Crippen LogP contribution in [0.4, 0.5) is 0 Å². The SMILES string of the molecule is C[C@@H]([C@@H](O)c1ccccc1)N(C)C(=O)[C@H](N)CCCCCl. The van der Waals surface area contributed by atoms with Crippen LogP contribution in [0.1, 0.15) is 37.9 Å². The highest BCUT2D eigenvalue weighted by molar-refractivity contribution is 6.17. The van der Waals surface area contributed by atoms with Crippen molar-refractivity contribution in [3.8, 4) is 0 Å². The number of likely N-dealkylation sites (N-methyl/N-ethyl adjacent to an activating group) is 1. The molecule has 0 aliphatic heterocycles. The van der Waals surface area contributed by atoms with Crippen LogP contribution >= 0.6 is 11.6 Å². The number of alkyl halides is 1. The first kappa shape index (κ1) is 18.0. The third-order valence-electron chi connectivity index (χ3n) is 3.77. The highest BCUT2D eigenvalue weighted by atomic mass is 35.5. The predicted molar refractivity (Wildman–Crippen MR) is 86.2 cm³/mol. The van der Waals surface area contributed by atoms with Crippen LogP contribution in [-0.2, 0) is 4.79 Å².